The molecule has 0 unspecified atom stereocenters. The molecule has 0 fully saturated rings. The fourth-order valence-electron chi connectivity index (χ4n) is 9.72. The number of carbonyl (C=O) groups excluding carboxylic acids is 4. The molecule has 2 aliphatic rings. The van der Waals surface area contributed by atoms with Crippen LogP contribution < -0.4 is 21.0 Å². The Morgan fingerprint density at radius 3 is 1.41 bits per heavy atom. The summed E-state index contributed by atoms with van der Waals surface area (Å²) in [5.74, 6) is -1.56. The first-order valence-corrected chi connectivity index (χ1v) is 24.9. The van der Waals surface area contributed by atoms with Crippen LogP contribution in [0.15, 0.2) is 147 Å². The average Bonchev–Trinajstić information content (AvgIpc) is 4.21. The second kappa shape index (κ2) is 19.1. The van der Waals surface area contributed by atoms with Crippen molar-refractivity contribution in [1.82, 2.24) is 38.9 Å². The first-order valence-electron chi connectivity index (χ1n) is 23.0. The Kier molecular flexibility index (Phi) is 12.8. The molecule has 0 saturated heterocycles. The van der Waals surface area contributed by atoms with Crippen molar-refractivity contribution in [1.29, 1.82) is 0 Å². The molecule has 6 aromatic heterocycles. The van der Waals surface area contributed by atoms with Crippen LogP contribution in [0.4, 0.5) is 0 Å². The number of aliphatic hydroxyl groups excluding tert-OH is 1. The van der Waals surface area contributed by atoms with E-state index in [0.717, 1.165) is 28.5 Å². The van der Waals surface area contributed by atoms with Crippen molar-refractivity contribution in [3.8, 4) is 0 Å². The fraction of sp³-hybridized carbons (Fsp3) is 0.222. The Balaban J connectivity index is 0.000000194. The van der Waals surface area contributed by atoms with E-state index in [4.69, 9.17) is 9.53 Å². The summed E-state index contributed by atoms with van der Waals surface area (Å²) >= 11 is 0. The summed E-state index contributed by atoms with van der Waals surface area (Å²) in [5, 5.41) is 18.1. The molecule has 10 rings (SSSR count). The van der Waals surface area contributed by atoms with Gasteiger partial charge in [-0.05, 0) is 64.7 Å². The van der Waals surface area contributed by atoms with Crippen LogP contribution in [0, 0.1) is 0 Å². The minimum absolute atomic E-state index is 0.0682. The second-order valence-electron chi connectivity index (χ2n) is 18.4. The van der Waals surface area contributed by atoms with E-state index in [9.17, 15) is 19.2 Å². The van der Waals surface area contributed by atoms with Crippen LogP contribution in [0.1, 0.15) is 55.9 Å². The highest BCUT2D eigenvalue weighted by atomic mass is 28.4. The van der Waals surface area contributed by atoms with Gasteiger partial charge in [0.05, 0.1) is 22.3 Å². The molecule has 0 bridgehead atoms. The third-order valence-corrected chi connectivity index (χ3v) is 17.8. The number of fused-ring (bicyclic) bond motifs is 2. The van der Waals surface area contributed by atoms with Crippen LogP contribution in [0.5, 0.6) is 0 Å². The van der Waals surface area contributed by atoms with Crippen molar-refractivity contribution in [2.45, 2.75) is 51.7 Å². The van der Waals surface area contributed by atoms with Gasteiger partial charge in [0, 0.05) is 123 Å². The Labute approximate surface area is 400 Å². The van der Waals surface area contributed by atoms with Gasteiger partial charge in [0.25, 0.3) is 31.9 Å². The van der Waals surface area contributed by atoms with Crippen molar-refractivity contribution >= 4 is 86.7 Å². The highest BCUT2D eigenvalue weighted by Gasteiger charge is 2.50. The molecule has 3 N–H and O–H groups in total. The molecule has 350 valence electrons. The zero-order valence-corrected chi connectivity index (χ0v) is 40.3. The fourth-order valence-corrected chi connectivity index (χ4v) is 14.3. The monoisotopic (exact) mass is 938 g/mol. The number of nitrogens with one attached hydrogen (secondary N) is 2. The third-order valence-electron chi connectivity index (χ3n) is 12.7. The van der Waals surface area contributed by atoms with Crippen molar-refractivity contribution in [2.24, 2.45) is 14.1 Å². The summed E-state index contributed by atoms with van der Waals surface area (Å²) in [5.41, 5.74) is 5.81. The summed E-state index contributed by atoms with van der Waals surface area (Å²) < 4.78 is 14.8. The Morgan fingerprint density at radius 2 is 1.00 bits per heavy atom. The molecule has 2 aromatic carbocycles. The number of benzene rings is 2. The smallest absolute Gasteiger partial charge is 0.261 e. The van der Waals surface area contributed by atoms with E-state index >= 15 is 0 Å². The molecule has 2 aliphatic heterocycles. The zero-order chi connectivity index (χ0) is 48.5. The SMILES string of the molecule is Cn1ccc(C2=C(c3cn(CCCO)c4ncccc34)C(=O)NC2=O)c1.Cn1ccc(C2=C(c3cn(CCCO[Si](c4ccccc4)(c4ccccc4)C(C)(C)C)c4ncccc34)C(=O)NC2=O)c1. The van der Waals surface area contributed by atoms with E-state index in [1.165, 1.54) is 10.4 Å². The Bertz CT molecular complexity index is 3280. The van der Waals surface area contributed by atoms with Crippen LogP contribution >= 0.6 is 0 Å². The quantitative estimate of drug-likeness (QED) is 0.0656. The third kappa shape index (κ3) is 8.71. The van der Waals surface area contributed by atoms with Crippen LogP contribution in [0.25, 0.3) is 44.4 Å². The van der Waals surface area contributed by atoms with Gasteiger partial charge in [-0.1, -0.05) is 81.4 Å². The van der Waals surface area contributed by atoms with Crippen molar-refractivity contribution in [3.63, 3.8) is 0 Å². The summed E-state index contributed by atoms with van der Waals surface area (Å²) in [6, 6.07) is 32.5. The van der Waals surface area contributed by atoms with Gasteiger partial charge in [0.2, 0.25) is 0 Å². The van der Waals surface area contributed by atoms with Crippen molar-refractivity contribution in [2.75, 3.05) is 13.2 Å². The molecule has 4 amide bonds. The highest BCUT2D eigenvalue weighted by Crippen LogP contribution is 2.39. The lowest BCUT2D eigenvalue weighted by Gasteiger charge is -2.43. The van der Waals surface area contributed by atoms with Gasteiger partial charge in [0.15, 0.2) is 0 Å². The molecule has 0 saturated carbocycles. The van der Waals surface area contributed by atoms with E-state index in [1.54, 1.807) is 18.5 Å². The normalized spacial score (nSPS) is 14.3. The molecule has 15 heteroatoms. The van der Waals surface area contributed by atoms with E-state index in [0.29, 0.717) is 70.7 Å². The number of pyridine rings is 2. The van der Waals surface area contributed by atoms with Crippen LogP contribution in [0.3, 0.4) is 0 Å². The molecule has 8 heterocycles. The van der Waals surface area contributed by atoms with Crippen LogP contribution in [-0.2, 0) is 50.8 Å². The maximum absolute atomic E-state index is 13.1. The predicted octanol–water partition coefficient (Wildman–Crippen LogP) is 6.23. The van der Waals surface area contributed by atoms with Gasteiger partial charge in [0.1, 0.15) is 11.3 Å². The average molecular weight is 939 g/mol. The molecular weight excluding hydrogens is 885 g/mol. The standard InChI is InChI=1S/C35H36N4O3Si.C19H18N4O3/c1-35(2,3)43(26-13-7-5-8-14-26,27-15-9-6-10-16-27)42-22-12-20-39-24-29(28-17-11-19-36-32(28)39)31-30(33(40)37-34(31)41)25-18-21-38(4)23-25;1-22-8-5-12(10-22)15-16(19(26)21-18(15)25)14-11-23(7-3-9-24)17-13(14)4-2-6-20-17/h5-11,13-19,21,23-24H,12,20,22H2,1-4H3,(H,37,40,41);2,4-6,8,10-11,24H,3,7,9H2,1H3,(H,21,25,26). The number of nitrogens with zero attached hydrogens (tertiary/aromatic N) is 6. The second-order valence-corrected chi connectivity index (χ2v) is 22.7. The summed E-state index contributed by atoms with van der Waals surface area (Å²) in [6.45, 7) is 8.69. The zero-order valence-electron chi connectivity index (χ0n) is 39.3. The lowest BCUT2D eigenvalue weighted by molar-refractivity contribution is -0.124. The first kappa shape index (κ1) is 46.4. The number of hydrogen-bond donors (Lipinski definition) is 3. The molecular formula is C54H54N8O6Si. The van der Waals surface area contributed by atoms with E-state index in [-0.39, 0.29) is 23.5 Å². The number of imide groups is 2. The molecule has 14 nitrogen and oxygen atoms in total. The van der Waals surface area contributed by atoms with Crippen LogP contribution in [-0.4, -0.2) is 78.5 Å². The number of aryl methyl sites for hydroxylation is 4. The minimum Gasteiger partial charge on any atom is -0.407 e. The summed E-state index contributed by atoms with van der Waals surface area (Å²) in [6.07, 6.45) is 15.9. The van der Waals surface area contributed by atoms with Gasteiger partial charge < -0.3 is 27.8 Å². The molecule has 0 spiro atoms. The molecule has 0 aliphatic carbocycles. The van der Waals surface area contributed by atoms with E-state index in [2.05, 4.69) is 107 Å². The first-order chi connectivity index (χ1) is 33.3. The molecule has 0 atom stereocenters. The van der Waals surface area contributed by atoms with Crippen molar-refractivity contribution < 1.29 is 28.7 Å². The number of hydrogen-bond acceptors (Lipinski definition) is 8. The van der Waals surface area contributed by atoms with Gasteiger partial charge in [-0.3, -0.25) is 29.8 Å². The highest BCUT2D eigenvalue weighted by molar-refractivity contribution is 6.99. The maximum atomic E-state index is 13.1. The number of amides is 4. The predicted molar refractivity (Wildman–Crippen MR) is 270 cm³/mol. The van der Waals surface area contributed by atoms with E-state index in [1.807, 2.05) is 95.3 Å². The number of rotatable bonds is 14. The van der Waals surface area contributed by atoms with Gasteiger partial charge >= 0.3 is 0 Å². The maximum Gasteiger partial charge on any atom is 0.261 e. The molecule has 8 aromatic rings. The number of aliphatic hydroxyl groups is 1. The van der Waals surface area contributed by atoms with Gasteiger partial charge in [-0.25, -0.2) is 9.97 Å². The lowest BCUT2D eigenvalue weighted by atomic mass is 9.98. The largest absolute Gasteiger partial charge is 0.407 e. The minimum atomic E-state index is -2.64. The number of aromatic nitrogens is 6. The topological polar surface area (TPSA) is 167 Å². The van der Waals surface area contributed by atoms with Gasteiger partial charge in [-0.15, -0.1) is 0 Å². The van der Waals surface area contributed by atoms with E-state index < -0.39 is 20.1 Å². The Hall–Kier alpha value is -7.72. The lowest BCUT2D eigenvalue weighted by Crippen LogP contribution is -2.66. The summed E-state index contributed by atoms with van der Waals surface area (Å²) in [7, 11) is 1.11. The Morgan fingerprint density at radius 1 is 0.565 bits per heavy atom. The van der Waals surface area contributed by atoms with Crippen molar-refractivity contribution in [3.05, 3.63) is 169 Å². The number of carbonyl (C=O) groups is 4. The molecule has 0 radical (unpaired) electrons. The van der Waals surface area contributed by atoms with Gasteiger partial charge in [-0.2, -0.15) is 0 Å². The molecule has 69 heavy (non-hydrogen) atoms. The van der Waals surface area contributed by atoms with Crippen LogP contribution in [0.2, 0.25) is 5.04 Å². The summed E-state index contributed by atoms with van der Waals surface area (Å²) in [4.78, 5) is 60.1.